The van der Waals surface area contributed by atoms with Gasteiger partial charge in [0.15, 0.2) is 0 Å². The summed E-state index contributed by atoms with van der Waals surface area (Å²) in [5.74, 6) is 0.987. The van der Waals surface area contributed by atoms with E-state index in [4.69, 9.17) is 4.74 Å². The molecule has 0 aliphatic rings. The van der Waals surface area contributed by atoms with Crippen LogP contribution in [-0.4, -0.2) is 0 Å². The van der Waals surface area contributed by atoms with E-state index in [0.717, 1.165) is 12.2 Å². The van der Waals surface area contributed by atoms with Gasteiger partial charge < -0.3 is 4.74 Å². The molecular formula is C10H19O. The monoisotopic (exact) mass is 155 g/mol. The maximum atomic E-state index is 5.27. The van der Waals surface area contributed by atoms with E-state index < -0.39 is 0 Å². The lowest BCUT2D eigenvalue weighted by molar-refractivity contribution is 0.276. The highest BCUT2D eigenvalue weighted by atomic mass is 16.5. The number of hydrogen-bond donors (Lipinski definition) is 0. The van der Waals surface area contributed by atoms with Gasteiger partial charge >= 0.3 is 0 Å². The molecule has 1 nitrogen and oxygen atoms in total. The summed E-state index contributed by atoms with van der Waals surface area (Å²) in [5, 5.41) is 0. The van der Waals surface area contributed by atoms with Gasteiger partial charge in [-0.3, -0.25) is 0 Å². The van der Waals surface area contributed by atoms with Gasteiger partial charge in [0.1, 0.15) is 6.61 Å². The minimum Gasteiger partial charge on any atom is -0.492 e. The smallest absolute Gasteiger partial charge is 0.135 e. The van der Waals surface area contributed by atoms with Crippen molar-refractivity contribution in [2.75, 3.05) is 0 Å². The van der Waals surface area contributed by atoms with Gasteiger partial charge in [0.25, 0.3) is 0 Å². The fraction of sp³-hybridized carbons (Fsp3) is 0.700. The summed E-state index contributed by atoms with van der Waals surface area (Å²) in [6.07, 6.45) is 6.86. The fourth-order valence-electron chi connectivity index (χ4n) is 0.736. The zero-order chi connectivity index (χ0) is 8.53. The lowest BCUT2D eigenvalue weighted by Gasteiger charge is -2.03. The molecule has 1 radical (unpaired) electrons. The van der Waals surface area contributed by atoms with Crippen LogP contribution >= 0.6 is 0 Å². The van der Waals surface area contributed by atoms with E-state index in [1.165, 1.54) is 19.3 Å². The van der Waals surface area contributed by atoms with Crippen molar-refractivity contribution in [3.05, 3.63) is 18.4 Å². The number of unbranched alkanes of at least 4 members (excludes halogenated alkanes) is 3. The van der Waals surface area contributed by atoms with Gasteiger partial charge in [0, 0.05) is 0 Å². The van der Waals surface area contributed by atoms with E-state index >= 15 is 0 Å². The van der Waals surface area contributed by atoms with Crippen molar-refractivity contribution in [1.82, 2.24) is 0 Å². The first-order valence-electron chi connectivity index (χ1n) is 4.42. The van der Waals surface area contributed by atoms with Crippen LogP contribution in [0.15, 0.2) is 11.8 Å². The van der Waals surface area contributed by atoms with E-state index in [-0.39, 0.29) is 0 Å². The Hall–Kier alpha value is -0.460. The highest BCUT2D eigenvalue weighted by Crippen LogP contribution is 2.05. The van der Waals surface area contributed by atoms with Crippen molar-refractivity contribution in [3.63, 3.8) is 0 Å². The summed E-state index contributed by atoms with van der Waals surface area (Å²) < 4.78 is 5.27. The zero-order valence-electron chi connectivity index (χ0n) is 7.89. The van der Waals surface area contributed by atoms with Crippen molar-refractivity contribution in [2.45, 2.75) is 46.5 Å². The second kappa shape index (κ2) is 7.64. The average molecular weight is 155 g/mol. The highest BCUT2D eigenvalue weighted by molar-refractivity contribution is 4.85. The third-order valence-electron chi connectivity index (χ3n) is 1.60. The predicted molar refractivity (Wildman–Crippen MR) is 49.0 cm³/mol. The second-order valence-electron chi connectivity index (χ2n) is 2.68. The van der Waals surface area contributed by atoms with Gasteiger partial charge in [-0.1, -0.05) is 19.8 Å². The normalized spacial score (nSPS) is 11.7. The Morgan fingerprint density at radius 1 is 1.36 bits per heavy atom. The number of allylic oxidation sites excluding steroid dienone is 2. The van der Waals surface area contributed by atoms with Gasteiger partial charge in [0.05, 0.1) is 5.76 Å². The molecule has 11 heavy (non-hydrogen) atoms. The predicted octanol–water partition coefficient (Wildman–Crippen LogP) is 3.67. The molecule has 0 aromatic carbocycles. The number of rotatable bonds is 6. The fourth-order valence-corrected chi connectivity index (χ4v) is 0.736. The van der Waals surface area contributed by atoms with Gasteiger partial charge in [0.2, 0.25) is 0 Å². The summed E-state index contributed by atoms with van der Waals surface area (Å²) in [6.45, 7) is 8.05. The van der Waals surface area contributed by atoms with Crippen LogP contribution < -0.4 is 0 Å². The summed E-state index contributed by atoms with van der Waals surface area (Å²) in [5.41, 5.74) is 0. The van der Waals surface area contributed by atoms with Crippen LogP contribution in [-0.2, 0) is 4.74 Å². The van der Waals surface area contributed by atoms with E-state index in [2.05, 4.69) is 6.92 Å². The molecule has 0 aromatic rings. The SMILES string of the molecule is C/C=C(/C)O[CH]CCCCC. The lowest BCUT2D eigenvalue weighted by Crippen LogP contribution is -1.85. The van der Waals surface area contributed by atoms with Crippen molar-refractivity contribution < 1.29 is 4.74 Å². The van der Waals surface area contributed by atoms with Crippen molar-refractivity contribution in [2.24, 2.45) is 0 Å². The van der Waals surface area contributed by atoms with Crippen LogP contribution in [0.4, 0.5) is 0 Å². The van der Waals surface area contributed by atoms with Crippen LogP contribution in [0.2, 0.25) is 0 Å². The molecule has 0 aromatic heterocycles. The van der Waals surface area contributed by atoms with Crippen molar-refractivity contribution >= 4 is 0 Å². The first kappa shape index (κ1) is 10.5. The summed E-state index contributed by atoms with van der Waals surface area (Å²) in [7, 11) is 0. The van der Waals surface area contributed by atoms with E-state index in [0.29, 0.717) is 0 Å². The maximum absolute atomic E-state index is 5.27. The third-order valence-corrected chi connectivity index (χ3v) is 1.60. The van der Waals surface area contributed by atoms with Gasteiger partial charge in [-0.2, -0.15) is 0 Å². The van der Waals surface area contributed by atoms with Crippen LogP contribution in [0, 0.1) is 6.61 Å². The largest absolute Gasteiger partial charge is 0.492 e. The first-order chi connectivity index (χ1) is 5.31. The van der Waals surface area contributed by atoms with Crippen LogP contribution in [0.3, 0.4) is 0 Å². The van der Waals surface area contributed by atoms with Crippen molar-refractivity contribution in [1.29, 1.82) is 0 Å². The first-order valence-corrected chi connectivity index (χ1v) is 4.42. The van der Waals surface area contributed by atoms with E-state index in [1.54, 1.807) is 0 Å². The Morgan fingerprint density at radius 3 is 2.64 bits per heavy atom. The Bertz CT molecular complexity index is 105. The molecular weight excluding hydrogens is 136 g/mol. The molecule has 65 valence electrons. The summed E-state index contributed by atoms with van der Waals surface area (Å²) in [6, 6.07) is 0. The minimum atomic E-state index is 0.987. The third kappa shape index (κ3) is 7.44. The van der Waals surface area contributed by atoms with Crippen LogP contribution in [0.5, 0.6) is 0 Å². The van der Waals surface area contributed by atoms with E-state index in [9.17, 15) is 0 Å². The Labute approximate surface area is 70.4 Å². The summed E-state index contributed by atoms with van der Waals surface area (Å²) >= 11 is 0. The maximum Gasteiger partial charge on any atom is 0.135 e. The molecule has 0 N–H and O–H groups in total. The molecule has 0 unspecified atom stereocenters. The summed E-state index contributed by atoms with van der Waals surface area (Å²) in [4.78, 5) is 0. The van der Waals surface area contributed by atoms with Crippen LogP contribution in [0.25, 0.3) is 0 Å². The molecule has 0 fully saturated rings. The Kier molecular flexibility index (Phi) is 7.33. The molecule has 0 aliphatic carbocycles. The average Bonchev–Trinajstić information content (AvgIpc) is 2.04. The molecule has 0 aliphatic heterocycles. The molecule has 0 amide bonds. The van der Waals surface area contributed by atoms with Gasteiger partial charge in [-0.05, 0) is 32.8 Å². The number of ether oxygens (including phenoxy) is 1. The standard InChI is InChI=1S/C10H19O/c1-4-6-7-8-9-11-10(3)5-2/h5,9H,4,6-8H2,1-3H3/b10-5-. The molecule has 0 spiro atoms. The molecule has 1 heteroatoms. The highest BCUT2D eigenvalue weighted by Gasteiger charge is 1.90. The van der Waals surface area contributed by atoms with Gasteiger partial charge in [-0.25, -0.2) is 0 Å². The Balaban J connectivity index is 3.02. The molecule has 0 saturated carbocycles. The Morgan fingerprint density at radius 2 is 2.09 bits per heavy atom. The molecule has 0 heterocycles. The second-order valence-corrected chi connectivity index (χ2v) is 2.68. The zero-order valence-corrected chi connectivity index (χ0v) is 7.89. The molecule has 0 saturated heterocycles. The number of hydrogen-bond acceptors (Lipinski definition) is 1. The molecule has 0 rings (SSSR count). The van der Waals surface area contributed by atoms with E-state index in [1.807, 2.05) is 26.5 Å². The molecule has 0 bridgehead atoms. The van der Waals surface area contributed by atoms with Gasteiger partial charge in [-0.15, -0.1) is 0 Å². The molecule has 0 atom stereocenters. The quantitative estimate of drug-likeness (QED) is 0.420. The topological polar surface area (TPSA) is 9.23 Å². The van der Waals surface area contributed by atoms with Crippen LogP contribution in [0.1, 0.15) is 46.5 Å². The lowest BCUT2D eigenvalue weighted by atomic mass is 10.2. The van der Waals surface area contributed by atoms with Crippen molar-refractivity contribution in [3.8, 4) is 0 Å². The minimum absolute atomic E-state index is 0.987.